The van der Waals surface area contributed by atoms with E-state index in [1.165, 1.54) is 24.0 Å². The average Bonchev–Trinajstić information content (AvgIpc) is 2.72. The second kappa shape index (κ2) is 8.40. The first-order chi connectivity index (χ1) is 14.0. The zero-order valence-electron chi connectivity index (χ0n) is 16.7. The van der Waals surface area contributed by atoms with E-state index in [0.717, 1.165) is 55.2 Å². The molecule has 0 fully saturated rings. The number of fused-ring (bicyclic) bond motifs is 2. The Morgan fingerprint density at radius 2 is 1.45 bits per heavy atom. The van der Waals surface area contributed by atoms with Crippen LogP contribution in [0, 0.1) is 5.92 Å². The first kappa shape index (κ1) is 19.7. The van der Waals surface area contributed by atoms with Gasteiger partial charge in [0.1, 0.15) is 0 Å². The van der Waals surface area contributed by atoms with Gasteiger partial charge < -0.3 is 10.2 Å². The van der Waals surface area contributed by atoms with E-state index in [4.69, 9.17) is 0 Å². The van der Waals surface area contributed by atoms with Crippen LogP contribution in [0.15, 0.2) is 30.3 Å². The Hall–Kier alpha value is -2.62. The van der Waals surface area contributed by atoms with Crippen LogP contribution in [0.4, 0.5) is 0 Å². The summed E-state index contributed by atoms with van der Waals surface area (Å²) in [5, 5.41) is 19.7. The van der Waals surface area contributed by atoms with E-state index in [-0.39, 0.29) is 6.42 Å². The van der Waals surface area contributed by atoms with Crippen LogP contribution in [0.3, 0.4) is 0 Å². The maximum atomic E-state index is 12.0. The molecule has 0 aromatic heterocycles. The van der Waals surface area contributed by atoms with Crippen LogP contribution in [0.1, 0.15) is 69.4 Å². The Bertz CT molecular complexity index is 944. The van der Waals surface area contributed by atoms with Crippen molar-refractivity contribution >= 4 is 11.9 Å². The Balaban J connectivity index is 1.61. The van der Waals surface area contributed by atoms with Gasteiger partial charge in [0.05, 0.1) is 11.5 Å². The molecule has 0 spiro atoms. The van der Waals surface area contributed by atoms with Crippen molar-refractivity contribution in [3.63, 3.8) is 0 Å². The van der Waals surface area contributed by atoms with Gasteiger partial charge in [-0.15, -0.1) is 0 Å². The van der Waals surface area contributed by atoms with Crippen molar-refractivity contribution in [2.24, 2.45) is 5.92 Å². The number of carboxylic acids is 2. The first-order valence-electron chi connectivity index (χ1n) is 10.7. The summed E-state index contributed by atoms with van der Waals surface area (Å²) < 4.78 is 0. The lowest BCUT2D eigenvalue weighted by atomic mass is 9.82. The third-order valence-corrected chi connectivity index (χ3v) is 6.54. The SMILES string of the molecule is O=C(O)c1c(C[C@@H](Cc2ccc3c(c2)CCCC3)C(=O)O)ccc2c1CCCC2. The van der Waals surface area contributed by atoms with Crippen LogP contribution < -0.4 is 0 Å². The lowest BCUT2D eigenvalue weighted by Gasteiger charge is -2.22. The summed E-state index contributed by atoms with van der Waals surface area (Å²) in [6, 6.07) is 10.2. The molecule has 0 saturated heterocycles. The third-order valence-electron chi connectivity index (χ3n) is 6.54. The highest BCUT2D eigenvalue weighted by Crippen LogP contribution is 2.30. The highest BCUT2D eigenvalue weighted by atomic mass is 16.4. The number of aryl methyl sites for hydroxylation is 3. The van der Waals surface area contributed by atoms with E-state index in [0.29, 0.717) is 17.5 Å². The number of aliphatic carboxylic acids is 1. The molecule has 2 aromatic carbocycles. The molecule has 1 atom stereocenters. The Morgan fingerprint density at radius 3 is 2.17 bits per heavy atom. The van der Waals surface area contributed by atoms with Gasteiger partial charge in [-0.25, -0.2) is 4.79 Å². The highest BCUT2D eigenvalue weighted by Gasteiger charge is 2.26. The van der Waals surface area contributed by atoms with Crippen LogP contribution in [-0.4, -0.2) is 22.2 Å². The van der Waals surface area contributed by atoms with E-state index < -0.39 is 17.9 Å². The zero-order chi connectivity index (χ0) is 20.4. The summed E-state index contributed by atoms with van der Waals surface area (Å²) in [6.45, 7) is 0. The predicted octanol–water partition coefficient (Wildman–Crippen LogP) is 4.63. The molecule has 2 aliphatic carbocycles. The number of rotatable bonds is 6. The minimum atomic E-state index is -0.934. The molecular formula is C25H28O4. The van der Waals surface area contributed by atoms with Gasteiger partial charge in [0.25, 0.3) is 0 Å². The lowest BCUT2D eigenvalue weighted by Crippen LogP contribution is -2.22. The molecule has 0 unspecified atom stereocenters. The monoisotopic (exact) mass is 392 g/mol. The number of benzene rings is 2. The van der Waals surface area contributed by atoms with E-state index in [9.17, 15) is 19.8 Å². The second-order valence-electron chi connectivity index (χ2n) is 8.50. The van der Waals surface area contributed by atoms with Crippen LogP contribution in [0.25, 0.3) is 0 Å². The molecule has 0 amide bonds. The van der Waals surface area contributed by atoms with Crippen LogP contribution in [0.2, 0.25) is 0 Å². The lowest BCUT2D eigenvalue weighted by molar-refractivity contribution is -0.141. The molecule has 0 bridgehead atoms. The predicted molar refractivity (Wildman–Crippen MR) is 112 cm³/mol. The van der Waals surface area contributed by atoms with Crippen molar-refractivity contribution in [3.8, 4) is 0 Å². The molecule has 2 aromatic rings. The van der Waals surface area contributed by atoms with Crippen LogP contribution in [-0.2, 0) is 43.3 Å². The van der Waals surface area contributed by atoms with Crippen LogP contribution >= 0.6 is 0 Å². The molecular weight excluding hydrogens is 364 g/mol. The minimum Gasteiger partial charge on any atom is -0.481 e. The fourth-order valence-corrected chi connectivity index (χ4v) is 5.02. The Morgan fingerprint density at radius 1 is 0.793 bits per heavy atom. The van der Waals surface area contributed by atoms with Crippen molar-refractivity contribution in [2.45, 2.75) is 64.2 Å². The smallest absolute Gasteiger partial charge is 0.336 e. The summed E-state index contributed by atoms with van der Waals surface area (Å²) in [6.07, 6.45) is 9.02. The fourth-order valence-electron chi connectivity index (χ4n) is 5.02. The quantitative estimate of drug-likeness (QED) is 0.752. The molecule has 0 saturated carbocycles. The van der Waals surface area contributed by atoms with Crippen molar-refractivity contribution in [1.29, 1.82) is 0 Å². The summed E-state index contributed by atoms with van der Waals surface area (Å²) in [5.74, 6) is -2.43. The van der Waals surface area contributed by atoms with Crippen molar-refractivity contribution in [2.75, 3.05) is 0 Å². The standard InChI is InChI=1S/C25H28O4/c26-24(27)21(14-16-9-10-17-5-1-2-7-19(17)13-16)15-20-12-11-18-6-3-4-8-22(18)23(20)25(28)29/h9-13,21H,1-8,14-15H2,(H,26,27)(H,28,29)/t21-/m1/s1. The number of carboxylic acid groups (broad SMARTS) is 2. The normalized spacial score (nSPS) is 16.6. The molecule has 4 nitrogen and oxygen atoms in total. The van der Waals surface area contributed by atoms with Gasteiger partial charge in [0, 0.05) is 0 Å². The Labute approximate surface area is 171 Å². The molecule has 152 valence electrons. The summed E-state index contributed by atoms with van der Waals surface area (Å²) >= 11 is 0. The van der Waals surface area contributed by atoms with Crippen molar-refractivity contribution in [1.82, 2.24) is 0 Å². The van der Waals surface area contributed by atoms with Crippen molar-refractivity contribution in [3.05, 3.63) is 69.3 Å². The van der Waals surface area contributed by atoms with E-state index >= 15 is 0 Å². The number of hydrogen-bond acceptors (Lipinski definition) is 2. The summed E-state index contributed by atoms with van der Waals surface area (Å²) in [7, 11) is 0. The second-order valence-corrected chi connectivity index (χ2v) is 8.50. The maximum absolute atomic E-state index is 12.0. The highest BCUT2D eigenvalue weighted by molar-refractivity contribution is 5.92. The van der Waals surface area contributed by atoms with Gasteiger partial charge in [-0.05, 0) is 97.6 Å². The van der Waals surface area contributed by atoms with Crippen LogP contribution in [0.5, 0.6) is 0 Å². The van der Waals surface area contributed by atoms with Gasteiger partial charge in [-0.2, -0.15) is 0 Å². The number of aromatic carboxylic acids is 1. The Kier molecular flexibility index (Phi) is 5.70. The number of carbonyl (C=O) groups is 2. The van der Waals surface area contributed by atoms with E-state index in [2.05, 4.69) is 12.1 Å². The van der Waals surface area contributed by atoms with Gasteiger partial charge >= 0.3 is 11.9 Å². The van der Waals surface area contributed by atoms with Gasteiger partial charge in [-0.3, -0.25) is 4.79 Å². The molecule has 4 rings (SSSR count). The fraction of sp³-hybridized carbons (Fsp3) is 0.440. The molecule has 2 N–H and O–H groups in total. The summed E-state index contributed by atoms with van der Waals surface area (Å²) in [4.78, 5) is 24.0. The van der Waals surface area contributed by atoms with E-state index in [1.54, 1.807) is 0 Å². The molecule has 29 heavy (non-hydrogen) atoms. The van der Waals surface area contributed by atoms with E-state index in [1.807, 2.05) is 18.2 Å². The molecule has 0 radical (unpaired) electrons. The topological polar surface area (TPSA) is 74.6 Å². The van der Waals surface area contributed by atoms with Crippen molar-refractivity contribution < 1.29 is 19.8 Å². The average molecular weight is 392 g/mol. The third kappa shape index (κ3) is 4.21. The van der Waals surface area contributed by atoms with Gasteiger partial charge in [0.15, 0.2) is 0 Å². The number of hydrogen-bond donors (Lipinski definition) is 2. The minimum absolute atomic E-state index is 0.251. The molecule has 2 aliphatic rings. The van der Waals surface area contributed by atoms with Gasteiger partial charge in [-0.1, -0.05) is 30.3 Å². The molecule has 0 heterocycles. The molecule has 0 aliphatic heterocycles. The summed E-state index contributed by atoms with van der Waals surface area (Å²) in [5.41, 5.74) is 6.79. The zero-order valence-corrected chi connectivity index (χ0v) is 16.7. The largest absolute Gasteiger partial charge is 0.481 e. The molecule has 4 heteroatoms. The maximum Gasteiger partial charge on any atom is 0.336 e. The van der Waals surface area contributed by atoms with Gasteiger partial charge in [0.2, 0.25) is 0 Å². The first-order valence-corrected chi connectivity index (χ1v) is 10.7.